The molecule has 168 valence electrons. The van der Waals surface area contributed by atoms with E-state index in [9.17, 15) is 4.79 Å². The number of benzene rings is 2. The van der Waals surface area contributed by atoms with Crippen molar-refractivity contribution in [2.75, 3.05) is 53.7 Å². The molecule has 31 heavy (non-hydrogen) atoms. The van der Waals surface area contributed by atoms with Crippen LogP contribution in [0.15, 0.2) is 36.4 Å². The summed E-state index contributed by atoms with van der Waals surface area (Å²) in [6.07, 6.45) is 0. The van der Waals surface area contributed by atoms with Gasteiger partial charge >= 0.3 is 0 Å². The van der Waals surface area contributed by atoms with Crippen molar-refractivity contribution in [3.63, 3.8) is 0 Å². The van der Waals surface area contributed by atoms with Crippen LogP contribution in [0.2, 0.25) is 0 Å². The minimum Gasteiger partial charge on any atom is -0.493 e. The number of hydrogen-bond acceptors (Lipinski definition) is 6. The van der Waals surface area contributed by atoms with Gasteiger partial charge in [0.2, 0.25) is 0 Å². The molecule has 1 fully saturated rings. The first-order chi connectivity index (χ1) is 15.0. The highest BCUT2D eigenvalue weighted by Gasteiger charge is 2.24. The van der Waals surface area contributed by atoms with E-state index >= 15 is 0 Å². The molecule has 1 aliphatic heterocycles. The molecule has 7 nitrogen and oxygen atoms in total. The lowest BCUT2D eigenvalue weighted by Gasteiger charge is -2.35. The molecule has 1 N–H and O–H groups in total. The van der Waals surface area contributed by atoms with Crippen molar-refractivity contribution in [3.8, 4) is 17.2 Å². The summed E-state index contributed by atoms with van der Waals surface area (Å²) in [5, 5.41) is 3.03. The van der Waals surface area contributed by atoms with Crippen LogP contribution in [0.5, 0.6) is 17.2 Å². The lowest BCUT2D eigenvalue weighted by molar-refractivity contribution is -0.123. The Labute approximate surface area is 184 Å². The first kappa shape index (κ1) is 22.9. The van der Waals surface area contributed by atoms with Crippen LogP contribution in [0.3, 0.4) is 0 Å². The topological polar surface area (TPSA) is 69.3 Å². The number of amides is 1. The summed E-state index contributed by atoms with van der Waals surface area (Å²) >= 11 is 0. The van der Waals surface area contributed by atoms with Crippen molar-refractivity contribution in [2.24, 2.45) is 0 Å². The summed E-state index contributed by atoms with van der Waals surface area (Å²) in [5.41, 5.74) is 3.23. The Kier molecular flexibility index (Phi) is 8.14. The first-order valence-corrected chi connectivity index (χ1v) is 10.5. The monoisotopic (exact) mass is 428 g/mol. The van der Waals surface area contributed by atoms with E-state index in [1.54, 1.807) is 14.2 Å². The zero-order valence-electron chi connectivity index (χ0n) is 18.8. The van der Waals surface area contributed by atoms with Gasteiger partial charge in [0.1, 0.15) is 5.75 Å². The Hall–Kier alpha value is -2.77. The van der Waals surface area contributed by atoms with Gasteiger partial charge in [0.05, 0.1) is 33.5 Å². The molecule has 0 saturated carbocycles. The predicted molar refractivity (Wildman–Crippen MR) is 119 cm³/mol. The van der Waals surface area contributed by atoms with Crippen LogP contribution in [-0.2, 0) is 9.53 Å². The van der Waals surface area contributed by atoms with E-state index in [2.05, 4.69) is 10.2 Å². The Morgan fingerprint density at radius 2 is 1.74 bits per heavy atom. The number of hydrogen-bond donors (Lipinski definition) is 1. The van der Waals surface area contributed by atoms with Gasteiger partial charge < -0.3 is 24.3 Å². The second kappa shape index (κ2) is 11.0. The molecule has 1 heterocycles. The highest BCUT2D eigenvalue weighted by Crippen LogP contribution is 2.32. The average molecular weight is 429 g/mol. The second-order valence-corrected chi connectivity index (χ2v) is 7.64. The third-order valence-electron chi connectivity index (χ3n) is 5.46. The summed E-state index contributed by atoms with van der Waals surface area (Å²) in [4.78, 5) is 14.8. The SMILES string of the molecule is COc1ccc(C(CNC(=O)COc2ccc(C)cc2C)N2CCOCC2)cc1OC. The van der Waals surface area contributed by atoms with Crippen LogP contribution < -0.4 is 19.5 Å². The van der Waals surface area contributed by atoms with Gasteiger partial charge in [-0.05, 0) is 43.2 Å². The van der Waals surface area contributed by atoms with E-state index in [-0.39, 0.29) is 18.6 Å². The first-order valence-electron chi connectivity index (χ1n) is 10.5. The lowest BCUT2D eigenvalue weighted by Crippen LogP contribution is -2.44. The van der Waals surface area contributed by atoms with Crippen LogP contribution in [0, 0.1) is 13.8 Å². The molecule has 0 aliphatic carbocycles. The van der Waals surface area contributed by atoms with E-state index in [0.29, 0.717) is 31.3 Å². The molecular weight excluding hydrogens is 396 g/mol. The van der Waals surface area contributed by atoms with E-state index in [1.807, 2.05) is 50.2 Å². The minimum atomic E-state index is -0.154. The van der Waals surface area contributed by atoms with Crippen molar-refractivity contribution in [1.29, 1.82) is 0 Å². The normalized spacial score (nSPS) is 15.2. The van der Waals surface area contributed by atoms with Crippen molar-refractivity contribution in [3.05, 3.63) is 53.1 Å². The van der Waals surface area contributed by atoms with E-state index in [1.165, 1.54) is 0 Å². The Morgan fingerprint density at radius 3 is 2.42 bits per heavy atom. The standard InChI is InChI=1S/C24H32N2O5/c1-17-5-7-21(18(2)13-17)31-16-24(27)25-15-20(26-9-11-30-12-10-26)19-6-8-22(28-3)23(14-19)29-4/h5-8,13-14,20H,9-12,15-16H2,1-4H3,(H,25,27). The molecule has 7 heteroatoms. The predicted octanol–water partition coefficient (Wildman–Crippen LogP) is 2.89. The van der Waals surface area contributed by atoms with Crippen LogP contribution in [0.1, 0.15) is 22.7 Å². The molecule has 3 rings (SSSR count). The number of aryl methyl sites for hydroxylation is 2. The molecular formula is C24H32N2O5. The number of carbonyl (C=O) groups excluding carboxylic acids is 1. The summed E-state index contributed by atoms with van der Waals surface area (Å²) in [6.45, 7) is 7.40. The quantitative estimate of drug-likeness (QED) is 0.662. The summed E-state index contributed by atoms with van der Waals surface area (Å²) in [5.74, 6) is 1.92. The zero-order valence-corrected chi connectivity index (χ0v) is 18.8. The molecule has 1 aliphatic rings. The van der Waals surface area contributed by atoms with Crippen molar-refractivity contribution < 1.29 is 23.7 Å². The number of rotatable bonds is 9. The van der Waals surface area contributed by atoms with Crippen molar-refractivity contribution in [1.82, 2.24) is 10.2 Å². The molecule has 1 amide bonds. The lowest BCUT2D eigenvalue weighted by atomic mass is 10.0. The van der Waals surface area contributed by atoms with Gasteiger partial charge in [-0.15, -0.1) is 0 Å². The highest BCUT2D eigenvalue weighted by atomic mass is 16.5. The van der Waals surface area contributed by atoms with Crippen molar-refractivity contribution in [2.45, 2.75) is 19.9 Å². The molecule has 0 bridgehead atoms. The molecule has 0 radical (unpaired) electrons. The maximum Gasteiger partial charge on any atom is 0.258 e. The van der Waals surface area contributed by atoms with Crippen LogP contribution in [0.25, 0.3) is 0 Å². The van der Waals surface area contributed by atoms with Gasteiger partial charge in [0.15, 0.2) is 18.1 Å². The fourth-order valence-electron chi connectivity index (χ4n) is 3.77. The largest absolute Gasteiger partial charge is 0.493 e. The van der Waals surface area contributed by atoms with Gasteiger partial charge in [-0.25, -0.2) is 0 Å². The number of carbonyl (C=O) groups is 1. The van der Waals surface area contributed by atoms with Gasteiger partial charge in [0.25, 0.3) is 5.91 Å². The minimum absolute atomic E-state index is 0.00577. The third-order valence-corrected chi connectivity index (χ3v) is 5.46. The van der Waals surface area contributed by atoms with Crippen LogP contribution in [-0.4, -0.2) is 64.5 Å². The maximum atomic E-state index is 12.5. The summed E-state index contributed by atoms with van der Waals surface area (Å²) in [7, 11) is 3.24. The van der Waals surface area contributed by atoms with Crippen LogP contribution >= 0.6 is 0 Å². The molecule has 0 spiro atoms. The smallest absolute Gasteiger partial charge is 0.258 e. The Balaban J connectivity index is 1.66. The van der Waals surface area contributed by atoms with Crippen molar-refractivity contribution >= 4 is 5.91 Å². The molecule has 2 aromatic carbocycles. The number of morpholine rings is 1. The number of ether oxygens (including phenoxy) is 4. The van der Waals surface area contributed by atoms with E-state index in [0.717, 1.165) is 35.5 Å². The molecule has 0 aromatic heterocycles. The zero-order chi connectivity index (χ0) is 22.2. The molecule has 1 unspecified atom stereocenters. The summed E-state index contributed by atoms with van der Waals surface area (Å²) < 4.78 is 22.1. The average Bonchev–Trinajstić information content (AvgIpc) is 2.79. The van der Waals surface area contributed by atoms with E-state index in [4.69, 9.17) is 18.9 Å². The Bertz CT molecular complexity index is 880. The molecule has 1 saturated heterocycles. The number of methoxy groups -OCH3 is 2. The summed E-state index contributed by atoms with van der Waals surface area (Å²) in [6, 6.07) is 11.8. The second-order valence-electron chi connectivity index (χ2n) is 7.64. The molecule has 1 atom stereocenters. The number of nitrogens with one attached hydrogen (secondary N) is 1. The fourth-order valence-corrected chi connectivity index (χ4v) is 3.77. The number of nitrogens with zero attached hydrogens (tertiary/aromatic N) is 1. The fraction of sp³-hybridized carbons (Fsp3) is 0.458. The Morgan fingerprint density at radius 1 is 1.03 bits per heavy atom. The van der Waals surface area contributed by atoms with Gasteiger partial charge in [-0.1, -0.05) is 23.8 Å². The van der Waals surface area contributed by atoms with E-state index < -0.39 is 0 Å². The van der Waals surface area contributed by atoms with Crippen LogP contribution in [0.4, 0.5) is 0 Å². The highest BCUT2D eigenvalue weighted by molar-refractivity contribution is 5.77. The van der Waals surface area contributed by atoms with Gasteiger partial charge in [0, 0.05) is 19.6 Å². The third kappa shape index (κ3) is 6.12. The molecule has 2 aromatic rings. The van der Waals surface area contributed by atoms with Gasteiger partial charge in [-0.2, -0.15) is 0 Å². The van der Waals surface area contributed by atoms with Gasteiger partial charge in [-0.3, -0.25) is 9.69 Å². The maximum absolute atomic E-state index is 12.5.